The number of nitrogens with zero attached hydrogens (tertiary/aromatic N) is 2. The van der Waals surface area contributed by atoms with E-state index in [9.17, 15) is 13.2 Å². The van der Waals surface area contributed by atoms with Crippen molar-refractivity contribution in [1.29, 1.82) is 5.26 Å². The summed E-state index contributed by atoms with van der Waals surface area (Å²) in [6.45, 7) is 0. The van der Waals surface area contributed by atoms with E-state index in [1.807, 2.05) is 0 Å². The lowest BCUT2D eigenvalue weighted by Gasteiger charge is -2.09. The van der Waals surface area contributed by atoms with Crippen molar-refractivity contribution in [3.8, 4) is 17.7 Å². The van der Waals surface area contributed by atoms with E-state index < -0.39 is 12.1 Å². The minimum absolute atomic E-state index is 0.0427. The molecule has 1 rings (SSSR count). The Bertz CT molecular complexity index is 398. The Kier molecular flexibility index (Phi) is 2.99. The van der Waals surface area contributed by atoms with E-state index in [1.54, 1.807) is 6.07 Å². The molecule has 1 aromatic heterocycles. The van der Waals surface area contributed by atoms with Gasteiger partial charge >= 0.3 is 6.36 Å². The van der Waals surface area contributed by atoms with Gasteiger partial charge in [-0.3, -0.25) is 0 Å². The number of alkyl halides is 3. The van der Waals surface area contributed by atoms with Gasteiger partial charge in [-0.1, -0.05) is 0 Å². The minimum atomic E-state index is -4.85. The summed E-state index contributed by atoms with van der Waals surface area (Å²) in [5, 5.41) is 8.55. The SMILES string of the molecule is COc1cc(C#N)c(OC(F)(F)F)cn1. The van der Waals surface area contributed by atoms with Crippen molar-refractivity contribution in [3.05, 3.63) is 17.8 Å². The first-order chi connectivity index (χ1) is 6.96. The Morgan fingerprint density at radius 1 is 1.47 bits per heavy atom. The van der Waals surface area contributed by atoms with E-state index in [-0.39, 0.29) is 11.4 Å². The molecule has 0 saturated heterocycles. The molecule has 0 aliphatic heterocycles. The van der Waals surface area contributed by atoms with Gasteiger partial charge in [-0.2, -0.15) is 5.26 Å². The van der Waals surface area contributed by atoms with E-state index in [2.05, 4.69) is 14.5 Å². The maximum absolute atomic E-state index is 11.8. The van der Waals surface area contributed by atoms with Crippen LogP contribution in [0.3, 0.4) is 0 Å². The summed E-state index contributed by atoms with van der Waals surface area (Å²) < 4.78 is 43.8. The van der Waals surface area contributed by atoms with Crippen LogP contribution < -0.4 is 9.47 Å². The molecule has 1 aromatic rings. The van der Waals surface area contributed by atoms with Crippen LogP contribution in [0, 0.1) is 11.3 Å². The van der Waals surface area contributed by atoms with Crippen LogP contribution in [0.1, 0.15) is 5.56 Å². The number of rotatable bonds is 2. The van der Waals surface area contributed by atoms with Gasteiger partial charge in [-0.25, -0.2) is 4.98 Å². The molecule has 0 atom stereocenters. The highest BCUT2D eigenvalue weighted by Crippen LogP contribution is 2.26. The van der Waals surface area contributed by atoms with Crippen molar-refractivity contribution in [2.45, 2.75) is 6.36 Å². The third-order valence-electron chi connectivity index (χ3n) is 1.40. The van der Waals surface area contributed by atoms with Crippen LogP contribution in [0.2, 0.25) is 0 Å². The number of hydrogen-bond acceptors (Lipinski definition) is 4. The largest absolute Gasteiger partial charge is 0.573 e. The van der Waals surface area contributed by atoms with E-state index in [1.165, 1.54) is 7.11 Å². The molecule has 0 unspecified atom stereocenters. The molecule has 0 fully saturated rings. The highest BCUT2D eigenvalue weighted by Gasteiger charge is 2.32. The predicted octanol–water partition coefficient (Wildman–Crippen LogP) is 1.86. The zero-order valence-electron chi connectivity index (χ0n) is 7.50. The zero-order chi connectivity index (χ0) is 11.5. The van der Waals surface area contributed by atoms with E-state index >= 15 is 0 Å². The summed E-state index contributed by atoms with van der Waals surface area (Å²) in [5.74, 6) is -0.605. The number of ether oxygens (including phenoxy) is 2. The van der Waals surface area contributed by atoms with Crippen LogP contribution in [0.25, 0.3) is 0 Å². The lowest BCUT2D eigenvalue weighted by Crippen LogP contribution is -2.18. The molecule has 0 aromatic carbocycles. The van der Waals surface area contributed by atoms with Crippen molar-refractivity contribution >= 4 is 0 Å². The minimum Gasteiger partial charge on any atom is -0.481 e. The number of nitriles is 1. The second-order valence-electron chi connectivity index (χ2n) is 2.38. The average molecular weight is 218 g/mol. The number of halogens is 3. The topological polar surface area (TPSA) is 55.1 Å². The number of pyridine rings is 1. The smallest absolute Gasteiger partial charge is 0.481 e. The first-order valence-electron chi connectivity index (χ1n) is 3.66. The molecule has 7 heteroatoms. The molecule has 0 amide bonds. The molecule has 15 heavy (non-hydrogen) atoms. The van der Waals surface area contributed by atoms with Crippen molar-refractivity contribution in [1.82, 2.24) is 4.98 Å². The fourth-order valence-corrected chi connectivity index (χ4v) is 0.829. The van der Waals surface area contributed by atoms with Gasteiger partial charge in [-0.15, -0.1) is 13.2 Å². The first kappa shape index (κ1) is 11.1. The Labute approximate surface area is 82.9 Å². The Hall–Kier alpha value is -1.97. The molecule has 0 aliphatic carbocycles. The van der Waals surface area contributed by atoms with Gasteiger partial charge in [0.25, 0.3) is 0 Å². The van der Waals surface area contributed by atoms with Crippen LogP contribution in [0.4, 0.5) is 13.2 Å². The van der Waals surface area contributed by atoms with Gasteiger partial charge in [0, 0.05) is 6.07 Å². The normalized spacial score (nSPS) is 10.6. The monoisotopic (exact) mass is 218 g/mol. The fourth-order valence-electron chi connectivity index (χ4n) is 0.829. The van der Waals surface area contributed by atoms with Crippen LogP contribution in [0.15, 0.2) is 12.3 Å². The molecule has 4 nitrogen and oxygen atoms in total. The molecule has 0 radical (unpaired) electrons. The van der Waals surface area contributed by atoms with Gasteiger partial charge in [0.1, 0.15) is 11.6 Å². The number of aromatic nitrogens is 1. The Morgan fingerprint density at radius 2 is 2.13 bits per heavy atom. The maximum atomic E-state index is 11.8. The molecule has 0 N–H and O–H groups in total. The van der Waals surface area contributed by atoms with Crippen molar-refractivity contribution in [2.75, 3.05) is 7.11 Å². The lowest BCUT2D eigenvalue weighted by molar-refractivity contribution is -0.274. The molecule has 0 bridgehead atoms. The highest BCUT2D eigenvalue weighted by atomic mass is 19.4. The Morgan fingerprint density at radius 3 is 2.60 bits per heavy atom. The second-order valence-corrected chi connectivity index (χ2v) is 2.38. The third-order valence-corrected chi connectivity index (χ3v) is 1.40. The quantitative estimate of drug-likeness (QED) is 0.760. The van der Waals surface area contributed by atoms with Gasteiger partial charge in [0.2, 0.25) is 5.88 Å². The van der Waals surface area contributed by atoms with Crippen LogP contribution in [0.5, 0.6) is 11.6 Å². The van der Waals surface area contributed by atoms with Gasteiger partial charge in [0.05, 0.1) is 13.3 Å². The van der Waals surface area contributed by atoms with Crippen molar-refractivity contribution in [2.24, 2.45) is 0 Å². The average Bonchev–Trinajstić information content (AvgIpc) is 2.16. The number of methoxy groups -OCH3 is 1. The summed E-state index contributed by atoms with van der Waals surface area (Å²) in [5.41, 5.74) is -0.292. The molecule has 1 heterocycles. The summed E-state index contributed by atoms with van der Waals surface area (Å²) in [6, 6.07) is 2.60. The molecule has 80 valence electrons. The zero-order valence-corrected chi connectivity index (χ0v) is 7.50. The summed E-state index contributed by atoms with van der Waals surface area (Å²) in [4.78, 5) is 3.49. The molecule has 0 saturated carbocycles. The fraction of sp³-hybridized carbons (Fsp3) is 0.250. The van der Waals surface area contributed by atoms with Crippen LogP contribution in [-0.4, -0.2) is 18.5 Å². The van der Waals surface area contributed by atoms with Gasteiger partial charge in [0.15, 0.2) is 5.75 Å². The van der Waals surface area contributed by atoms with Crippen LogP contribution in [-0.2, 0) is 0 Å². The third kappa shape index (κ3) is 3.02. The van der Waals surface area contributed by atoms with Crippen molar-refractivity contribution < 1.29 is 22.6 Å². The van der Waals surface area contributed by atoms with Crippen LogP contribution >= 0.6 is 0 Å². The van der Waals surface area contributed by atoms with E-state index in [4.69, 9.17) is 5.26 Å². The summed E-state index contributed by atoms with van der Waals surface area (Å²) in [7, 11) is 1.29. The van der Waals surface area contributed by atoms with Gasteiger partial charge < -0.3 is 9.47 Å². The molecule has 0 spiro atoms. The van der Waals surface area contributed by atoms with Gasteiger partial charge in [-0.05, 0) is 0 Å². The standard InChI is InChI=1S/C8H5F3N2O2/c1-14-7-2-5(3-12)6(4-13-7)15-8(9,10)11/h2,4H,1H3. The van der Waals surface area contributed by atoms with E-state index in [0.29, 0.717) is 0 Å². The lowest BCUT2D eigenvalue weighted by atomic mass is 10.3. The van der Waals surface area contributed by atoms with E-state index in [0.717, 1.165) is 12.3 Å². The molecule has 0 aliphatic rings. The predicted molar refractivity (Wildman–Crippen MR) is 42.2 cm³/mol. The van der Waals surface area contributed by atoms with Crippen molar-refractivity contribution in [3.63, 3.8) is 0 Å². The first-order valence-corrected chi connectivity index (χ1v) is 3.66. The number of hydrogen-bond donors (Lipinski definition) is 0. The molecular weight excluding hydrogens is 213 g/mol. The maximum Gasteiger partial charge on any atom is 0.573 e. The summed E-state index contributed by atoms with van der Waals surface area (Å²) in [6.07, 6.45) is -4.06. The second kappa shape index (κ2) is 4.04. The highest BCUT2D eigenvalue weighted by molar-refractivity contribution is 5.43. The Balaban J connectivity index is 3.04. The molecular formula is C8H5F3N2O2. The summed E-state index contributed by atoms with van der Waals surface area (Å²) >= 11 is 0.